The molecule has 2 atom stereocenters. The van der Waals surface area contributed by atoms with Crippen LogP contribution in [0.25, 0.3) is 11.5 Å². The number of oxazole rings is 1. The Morgan fingerprint density at radius 2 is 2.09 bits per heavy atom. The number of piperazine rings is 1. The first-order valence-electron chi connectivity index (χ1n) is 8.28. The van der Waals surface area contributed by atoms with Gasteiger partial charge in [0, 0.05) is 30.7 Å². The molecule has 3 heterocycles. The third-order valence-corrected chi connectivity index (χ3v) is 5.00. The second-order valence-corrected chi connectivity index (χ2v) is 6.57. The van der Waals surface area contributed by atoms with Gasteiger partial charge in [-0.15, -0.1) is 0 Å². The number of rotatable bonds is 3. The fourth-order valence-corrected chi connectivity index (χ4v) is 3.76. The van der Waals surface area contributed by atoms with E-state index in [1.165, 1.54) is 25.9 Å². The third-order valence-electron chi connectivity index (χ3n) is 5.00. The van der Waals surface area contributed by atoms with Gasteiger partial charge >= 0.3 is 0 Å². The third kappa shape index (κ3) is 2.69. The summed E-state index contributed by atoms with van der Waals surface area (Å²) < 4.78 is 5.97. The maximum absolute atomic E-state index is 5.97. The van der Waals surface area contributed by atoms with Crippen molar-refractivity contribution in [2.24, 2.45) is 0 Å². The Bertz CT molecular complexity index is 624. The summed E-state index contributed by atoms with van der Waals surface area (Å²) in [6.07, 6.45) is 4.58. The lowest BCUT2D eigenvalue weighted by Gasteiger charge is -2.41. The predicted molar refractivity (Wildman–Crippen MR) is 86.4 cm³/mol. The molecular formula is C18H23N3O. The molecule has 0 spiro atoms. The summed E-state index contributed by atoms with van der Waals surface area (Å²) in [6.45, 7) is 6.81. The maximum Gasteiger partial charge on any atom is 0.226 e. The Morgan fingerprint density at radius 1 is 1.23 bits per heavy atom. The standard InChI is InChI=1S/C18H23N3O/c1-14-11-20-9-5-8-16(20)12-21(14)13-17-10-19-18(22-17)15-6-3-2-4-7-15/h2-4,6-7,10,14,16H,5,8-9,11-13H2,1H3. The normalized spacial score (nSPS) is 26.2. The van der Waals surface area contributed by atoms with Crippen molar-refractivity contribution in [2.45, 2.75) is 38.4 Å². The fourth-order valence-electron chi connectivity index (χ4n) is 3.76. The van der Waals surface area contributed by atoms with Crippen LogP contribution in [-0.2, 0) is 6.54 Å². The van der Waals surface area contributed by atoms with Gasteiger partial charge in [0.05, 0.1) is 12.7 Å². The number of hydrogen-bond acceptors (Lipinski definition) is 4. The number of hydrogen-bond donors (Lipinski definition) is 0. The zero-order chi connectivity index (χ0) is 14.9. The van der Waals surface area contributed by atoms with E-state index in [-0.39, 0.29) is 0 Å². The van der Waals surface area contributed by atoms with Crippen LogP contribution in [0.4, 0.5) is 0 Å². The van der Waals surface area contributed by atoms with E-state index in [0.717, 1.165) is 36.3 Å². The molecule has 4 rings (SSSR count). The van der Waals surface area contributed by atoms with Crippen LogP contribution >= 0.6 is 0 Å². The molecule has 1 aromatic carbocycles. The molecule has 0 saturated carbocycles. The molecule has 2 saturated heterocycles. The van der Waals surface area contributed by atoms with E-state index < -0.39 is 0 Å². The molecule has 0 N–H and O–H groups in total. The lowest BCUT2D eigenvalue weighted by Crippen LogP contribution is -2.54. The maximum atomic E-state index is 5.97. The Labute approximate surface area is 131 Å². The van der Waals surface area contributed by atoms with Crippen molar-refractivity contribution < 1.29 is 4.42 Å². The lowest BCUT2D eigenvalue weighted by atomic mass is 10.1. The second-order valence-electron chi connectivity index (χ2n) is 6.57. The summed E-state index contributed by atoms with van der Waals surface area (Å²) in [5.74, 6) is 1.69. The minimum absolute atomic E-state index is 0.583. The Hall–Kier alpha value is -1.65. The van der Waals surface area contributed by atoms with Gasteiger partial charge in [0.1, 0.15) is 5.76 Å². The molecule has 2 aliphatic rings. The first-order valence-corrected chi connectivity index (χ1v) is 8.28. The first-order chi connectivity index (χ1) is 10.8. The number of benzene rings is 1. The highest BCUT2D eigenvalue weighted by Crippen LogP contribution is 2.26. The quantitative estimate of drug-likeness (QED) is 0.872. The molecule has 1 aromatic heterocycles. The molecule has 4 heteroatoms. The summed E-state index contributed by atoms with van der Waals surface area (Å²) in [4.78, 5) is 9.63. The summed E-state index contributed by atoms with van der Waals surface area (Å²) in [5.41, 5.74) is 1.04. The minimum Gasteiger partial charge on any atom is -0.440 e. The van der Waals surface area contributed by atoms with E-state index in [0.29, 0.717) is 6.04 Å². The molecular weight excluding hydrogens is 274 g/mol. The van der Waals surface area contributed by atoms with Gasteiger partial charge in [-0.05, 0) is 38.4 Å². The smallest absolute Gasteiger partial charge is 0.226 e. The van der Waals surface area contributed by atoms with Crippen LogP contribution < -0.4 is 0 Å². The van der Waals surface area contributed by atoms with Gasteiger partial charge in [-0.2, -0.15) is 0 Å². The molecule has 2 fully saturated rings. The predicted octanol–water partition coefficient (Wildman–Crippen LogP) is 3.01. The molecule has 2 aliphatic heterocycles. The molecule has 2 aromatic rings. The Kier molecular flexibility index (Phi) is 3.72. The summed E-state index contributed by atoms with van der Waals surface area (Å²) in [7, 11) is 0. The molecule has 0 aliphatic carbocycles. The summed E-state index contributed by atoms with van der Waals surface area (Å²) >= 11 is 0. The van der Waals surface area contributed by atoms with Crippen molar-refractivity contribution in [2.75, 3.05) is 19.6 Å². The summed E-state index contributed by atoms with van der Waals surface area (Å²) in [5, 5.41) is 0. The van der Waals surface area contributed by atoms with Gasteiger partial charge in [0.2, 0.25) is 5.89 Å². The molecule has 0 bridgehead atoms. The van der Waals surface area contributed by atoms with Crippen LogP contribution in [0, 0.1) is 0 Å². The topological polar surface area (TPSA) is 32.5 Å². The first kappa shape index (κ1) is 14.0. The Morgan fingerprint density at radius 3 is 2.95 bits per heavy atom. The fraction of sp³-hybridized carbons (Fsp3) is 0.500. The van der Waals surface area contributed by atoms with E-state index in [9.17, 15) is 0 Å². The number of aromatic nitrogens is 1. The SMILES string of the molecule is CC1CN2CCCC2CN1Cc1cnc(-c2ccccc2)o1. The van der Waals surface area contributed by atoms with Gasteiger partial charge in [-0.25, -0.2) is 4.98 Å². The van der Waals surface area contributed by atoms with Crippen LogP contribution in [0.5, 0.6) is 0 Å². The highest BCUT2D eigenvalue weighted by molar-refractivity contribution is 5.52. The van der Waals surface area contributed by atoms with Crippen molar-refractivity contribution in [1.82, 2.24) is 14.8 Å². The average molecular weight is 297 g/mol. The molecule has 2 unspecified atom stereocenters. The average Bonchev–Trinajstić information content (AvgIpc) is 3.18. The molecule has 0 radical (unpaired) electrons. The number of fused-ring (bicyclic) bond motifs is 1. The van der Waals surface area contributed by atoms with E-state index in [2.05, 4.69) is 21.7 Å². The van der Waals surface area contributed by atoms with Gasteiger partial charge < -0.3 is 4.42 Å². The van der Waals surface area contributed by atoms with Gasteiger partial charge in [0.15, 0.2) is 0 Å². The van der Waals surface area contributed by atoms with Crippen molar-refractivity contribution in [3.63, 3.8) is 0 Å². The monoisotopic (exact) mass is 297 g/mol. The molecule has 4 nitrogen and oxygen atoms in total. The van der Waals surface area contributed by atoms with E-state index >= 15 is 0 Å². The van der Waals surface area contributed by atoms with Crippen LogP contribution in [0.15, 0.2) is 40.9 Å². The minimum atomic E-state index is 0.583. The van der Waals surface area contributed by atoms with E-state index in [1.54, 1.807) is 0 Å². The van der Waals surface area contributed by atoms with Crippen molar-refractivity contribution in [3.05, 3.63) is 42.3 Å². The zero-order valence-corrected chi connectivity index (χ0v) is 13.1. The lowest BCUT2D eigenvalue weighted by molar-refractivity contribution is 0.0496. The van der Waals surface area contributed by atoms with Crippen LogP contribution in [0.1, 0.15) is 25.5 Å². The van der Waals surface area contributed by atoms with E-state index in [4.69, 9.17) is 4.42 Å². The van der Waals surface area contributed by atoms with Gasteiger partial charge in [-0.3, -0.25) is 9.80 Å². The highest BCUT2D eigenvalue weighted by atomic mass is 16.4. The molecule has 116 valence electrons. The molecule has 22 heavy (non-hydrogen) atoms. The van der Waals surface area contributed by atoms with E-state index in [1.807, 2.05) is 36.5 Å². The van der Waals surface area contributed by atoms with Crippen LogP contribution in [0.3, 0.4) is 0 Å². The van der Waals surface area contributed by atoms with Gasteiger partial charge in [0.25, 0.3) is 0 Å². The van der Waals surface area contributed by atoms with Gasteiger partial charge in [-0.1, -0.05) is 18.2 Å². The van der Waals surface area contributed by atoms with Crippen molar-refractivity contribution in [3.8, 4) is 11.5 Å². The highest BCUT2D eigenvalue weighted by Gasteiger charge is 2.34. The van der Waals surface area contributed by atoms with Crippen molar-refractivity contribution >= 4 is 0 Å². The van der Waals surface area contributed by atoms with Crippen LogP contribution in [-0.4, -0.2) is 46.5 Å². The molecule has 0 amide bonds. The number of nitrogens with zero attached hydrogens (tertiary/aromatic N) is 3. The largest absolute Gasteiger partial charge is 0.440 e. The van der Waals surface area contributed by atoms with Crippen LogP contribution in [0.2, 0.25) is 0 Å². The second kappa shape index (κ2) is 5.86. The zero-order valence-electron chi connectivity index (χ0n) is 13.1. The summed E-state index contributed by atoms with van der Waals surface area (Å²) in [6, 6.07) is 11.4. The Balaban J connectivity index is 1.46. The van der Waals surface area contributed by atoms with Crippen molar-refractivity contribution in [1.29, 1.82) is 0 Å².